The maximum Gasteiger partial charge on any atom is 0.428 e. The van der Waals surface area contributed by atoms with E-state index in [-0.39, 0.29) is 0 Å². The van der Waals surface area contributed by atoms with Gasteiger partial charge in [0.1, 0.15) is 0 Å². The third-order valence-corrected chi connectivity index (χ3v) is 2.13. The van der Waals surface area contributed by atoms with Gasteiger partial charge in [0.25, 0.3) is 0 Å². The van der Waals surface area contributed by atoms with Gasteiger partial charge in [0.2, 0.25) is 11.3 Å². The van der Waals surface area contributed by atoms with Crippen LogP contribution in [0, 0.1) is 0 Å². The van der Waals surface area contributed by atoms with Crippen LogP contribution < -0.4 is 0 Å². The highest BCUT2D eigenvalue weighted by Gasteiger charge is 2.73. The van der Waals surface area contributed by atoms with Crippen molar-refractivity contribution < 1.29 is 48.6 Å². The third-order valence-electron chi connectivity index (χ3n) is 1.58. The molecule has 19 heavy (non-hydrogen) atoms. The molecule has 0 heterocycles. The lowest BCUT2D eigenvalue weighted by atomic mass is 10.3. The second-order valence-corrected chi connectivity index (χ2v) is 3.75. The van der Waals surface area contributed by atoms with E-state index in [1.165, 1.54) is 0 Å². The summed E-state index contributed by atoms with van der Waals surface area (Å²) < 4.78 is 125. The zero-order chi connectivity index (χ0) is 15.9. The van der Waals surface area contributed by atoms with Gasteiger partial charge in [-0.25, -0.2) is 13.5 Å². The molecule has 0 aromatic heterocycles. The van der Waals surface area contributed by atoms with Crippen molar-refractivity contribution in [2.75, 3.05) is 0 Å². The SMILES string of the molecule is F[C@H](Cl)C(F)(F)C(F)(F)OC(F)(F)C(F)(F)[C@H](F)Cl. The number of halogens is 12. The third kappa shape index (κ3) is 3.48. The number of ether oxygens (including phenoxy) is 1. The van der Waals surface area contributed by atoms with Gasteiger partial charge in [-0.05, 0) is 0 Å². The number of alkyl halides is 12. The van der Waals surface area contributed by atoms with Crippen molar-refractivity contribution in [3.63, 3.8) is 0 Å². The molecule has 0 rings (SSSR count). The summed E-state index contributed by atoms with van der Waals surface area (Å²) in [6.07, 6.45) is -12.9. The molecule has 0 aromatic carbocycles. The van der Waals surface area contributed by atoms with Crippen LogP contribution >= 0.6 is 23.2 Å². The molecule has 2 atom stereocenters. The van der Waals surface area contributed by atoms with E-state index in [2.05, 4.69) is 23.2 Å². The van der Waals surface area contributed by atoms with E-state index in [9.17, 15) is 43.9 Å². The first-order valence-corrected chi connectivity index (χ1v) is 4.74. The van der Waals surface area contributed by atoms with Gasteiger partial charge in [-0.2, -0.15) is 35.1 Å². The van der Waals surface area contributed by atoms with Gasteiger partial charge in [-0.15, -0.1) is 0 Å². The Balaban J connectivity index is 5.34. The van der Waals surface area contributed by atoms with E-state index in [4.69, 9.17) is 0 Å². The first-order valence-electron chi connectivity index (χ1n) is 3.87. The molecule has 0 aliphatic carbocycles. The molecular formula is C6H2Cl2F10O. The summed E-state index contributed by atoms with van der Waals surface area (Å²) in [6, 6.07) is 0. The lowest BCUT2D eigenvalue weighted by Gasteiger charge is -2.32. The molecule has 0 saturated heterocycles. The highest BCUT2D eigenvalue weighted by molar-refractivity contribution is 6.20. The maximum absolute atomic E-state index is 12.5. The van der Waals surface area contributed by atoms with E-state index in [0.29, 0.717) is 0 Å². The fourth-order valence-electron chi connectivity index (χ4n) is 0.551. The Morgan fingerprint density at radius 3 is 1.00 bits per heavy atom. The minimum atomic E-state index is -6.45. The summed E-state index contributed by atoms with van der Waals surface area (Å²) in [5.74, 6) is -12.2. The molecule has 0 bridgehead atoms. The molecule has 0 amide bonds. The second-order valence-electron chi connectivity index (χ2n) is 2.98. The zero-order valence-electron chi connectivity index (χ0n) is 8.10. The highest BCUT2D eigenvalue weighted by Crippen LogP contribution is 2.49. The molecule has 0 aliphatic rings. The van der Waals surface area contributed by atoms with Crippen LogP contribution in [0.2, 0.25) is 0 Å². The van der Waals surface area contributed by atoms with Crippen LogP contribution in [-0.4, -0.2) is 35.3 Å². The van der Waals surface area contributed by atoms with E-state index in [1.54, 1.807) is 0 Å². The summed E-state index contributed by atoms with van der Waals surface area (Å²) in [5.41, 5.74) is -8.46. The normalized spacial score (nSPS) is 18.3. The smallest absolute Gasteiger partial charge is 0.245 e. The molecule has 0 N–H and O–H groups in total. The molecule has 0 saturated carbocycles. The minimum absolute atomic E-state index is 1.86. The standard InChI is InChI=1S/C6H2Cl2F10O/c7-1(9)3(11,12)5(15,16)19-6(17,18)4(13,14)2(8)10/h1-2H/t1-,2-/m0/s1. The Hall–Kier alpha value is -0.160. The topological polar surface area (TPSA) is 9.23 Å². The van der Waals surface area contributed by atoms with Crippen molar-refractivity contribution in [1.29, 1.82) is 0 Å². The van der Waals surface area contributed by atoms with Gasteiger partial charge in [0, 0.05) is 0 Å². The van der Waals surface area contributed by atoms with Gasteiger partial charge in [-0.1, -0.05) is 23.2 Å². The van der Waals surface area contributed by atoms with Crippen LogP contribution in [0.15, 0.2) is 0 Å². The number of hydrogen-bond donors (Lipinski definition) is 0. The molecular weight excluding hydrogens is 349 g/mol. The summed E-state index contributed by atoms with van der Waals surface area (Å²) >= 11 is 7.90. The Labute approximate surface area is 108 Å². The predicted octanol–water partition coefficient (Wildman–Crippen LogP) is 4.53. The van der Waals surface area contributed by atoms with E-state index < -0.39 is 35.3 Å². The molecule has 0 unspecified atom stereocenters. The Morgan fingerprint density at radius 2 is 0.842 bits per heavy atom. The molecule has 0 spiro atoms. The predicted molar refractivity (Wildman–Crippen MR) is 42.4 cm³/mol. The minimum Gasteiger partial charge on any atom is -0.245 e. The Morgan fingerprint density at radius 1 is 0.632 bits per heavy atom. The van der Waals surface area contributed by atoms with E-state index in [1.807, 2.05) is 4.74 Å². The number of hydrogen-bond acceptors (Lipinski definition) is 1. The van der Waals surface area contributed by atoms with Gasteiger partial charge in [0.15, 0.2) is 0 Å². The lowest BCUT2D eigenvalue weighted by Crippen LogP contribution is -2.57. The summed E-state index contributed by atoms with van der Waals surface area (Å²) in [6.45, 7) is 0. The molecule has 1 nitrogen and oxygen atoms in total. The first kappa shape index (κ1) is 18.8. The molecule has 0 aliphatic heterocycles. The van der Waals surface area contributed by atoms with Crippen molar-refractivity contribution in [3.8, 4) is 0 Å². The van der Waals surface area contributed by atoms with Gasteiger partial charge < -0.3 is 0 Å². The number of rotatable bonds is 6. The Bertz CT molecular complexity index is 287. The summed E-state index contributed by atoms with van der Waals surface area (Å²) in [7, 11) is 0. The lowest BCUT2D eigenvalue weighted by molar-refractivity contribution is -0.472. The zero-order valence-corrected chi connectivity index (χ0v) is 9.61. The van der Waals surface area contributed by atoms with E-state index >= 15 is 0 Å². The maximum atomic E-state index is 12.5. The van der Waals surface area contributed by atoms with Crippen molar-refractivity contribution in [1.82, 2.24) is 0 Å². The molecule has 13 heteroatoms. The fourth-order valence-corrected chi connectivity index (χ4v) is 0.805. The van der Waals surface area contributed by atoms with Crippen LogP contribution in [0.1, 0.15) is 0 Å². The summed E-state index contributed by atoms with van der Waals surface area (Å²) in [4.78, 5) is 0. The van der Waals surface area contributed by atoms with Gasteiger partial charge in [0.05, 0.1) is 0 Å². The van der Waals surface area contributed by atoms with Crippen LogP contribution in [0.4, 0.5) is 43.9 Å². The average Bonchev–Trinajstić information content (AvgIpc) is 2.14. The monoisotopic (exact) mass is 350 g/mol. The van der Waals surface area contributed by atoms with Crippen LogP contribution in [0.25, 0.3) is 0 Å². The van der Waals surface area contributed by atoms with Crippen LogP contribution in [0.5, 0.6) is 0 Å². The van der Waals surface area contributed by atoms with Crippen molar-refractivity contribution in [3.05, 3.63) is 0 Å². The van der Waals surface area contributed by atoms with Crippen molar-refractivity contribution in [2.24, 2.45) is 0 Å². The quantitative estimate of drug-likeness (QED) is 0.505. The van der Waals surface area contributed by atoms with Gasteiger partial charge in [-0.3, -0.25) is 0 Å². The van der Waals surface area contributed by atoms with Crippen LogP contribution in [0.3, 0.4) is 0 Å². The Kier molecular flexibility index (Phi) is 5.27. The molecule has 0 fully saturated rings. The molecule has 0 aromatic rings. The van der Waals surface area contributed by atoms with Gasteiger partial charge >= 0.3 is 24.1 Å². The van der Waals surface area contributed by atoms with Crippen molar-refractivity contribution in [2.45, 2.75) is 35.3 Å². The molecule has 116 valence electrons. The van der Waals surface area contributed by atoms with Crippen molar-refractivity contribution >= 4 is 23.2 Å². The average molecular weight is 351 g/mol. The summed E-state index contributed by atoms with van der Waals surface area (Å²) in [5, 5.41) is 0. The largest absolute Gasteiger partial charge is 0.428 e. The fraction of sp³-hybridized carbons (Fsp3) is 1.00. The molecule has 0 radical (unpaired) electrons. The van der Waals surface area contributed by atoms with E-state index in [0.717, 1.165) is 0 Å². The second kappa shape index (κ2) is 5.32. The van der Waals surface area contributed by atoms with Crippen LogP contribution in [-0.2, 0) is 4.74 Å². The highest BCUT2D eigenvalue weighted by atomic mass is 35.5. The first-order chi connectivity index (χ1) is 8.09.